The maximum Gasteiger partial charge on any atom is 0.155 e. The zero-order chi connectivity index (χ0) is 14.8. The molecule has 0 aliphatic heterocycles. The van der Waals surface area contributed by atoms with Crippen LogP contribution < -0.4 is 0 Å². The molecule has 0 aromatic heterocycles. The molecule has 116 valence electrons. The molecule has 1 N–H and O–H groups in total. The zero-order valence-electron chi connectivity index (χ0n) is 12.7. The van der Waals surface area contributed by atoms with E-state index >= 15 is 0 Å². The Bertz CT molecular complexity index is 499. The van der Waals surface area contributed by atoms with Gasteiger partial charge in [0.1, 0.15) is 6.17 Å². The zero-order valence-corrected chi connectivity index (χ0v) is 12.7. The number of rotatable bonds is 0. The van der Waals surface area contributed by atoms with Crippen molar-refractivity contribution < 1.29 is 14.3 Å². The fourth-order valence-electron chi connectivity index (χ4n) is 6.12. The molecule has 0 aromatic carbocycles. The van der Waals surface area contributed by atoms with Crippen molar-refractivity contribution in [1.29, 1.82) is 0 Å². The topological polar surface area (TPSA) is 37.3 Å². The molecule has 3 fully saturated rings. The number of ketones is 1. The Morgan fingerprint density at radius 3 is 2.86 bits per heavy atom. The van der Waals surface area contributed by atoms with Crippen LogP contribution >= 0.6 is 0 Å². The number of aliphatic hydroxyl groups is 1. The molecule has 4 rings (SSSR count). The quantitative estimate of drug-likeness (QED) is 0.742. The summed E-state index contributed by atoms with van der Waals surface area (Å²) in [6, 6.07) is 0. The maximum absolute atomic E-state index is 14.7. The van der Waals surface area contributed by atoms with Gasteiger partial charge >= 0.3 is 0 Å². The van der Waals surface area contributed by atoms with Crippen LogP contribution in [0.2, 0.25) is 0 Å². The van der Waals surface area contributed by atoms with Crippen LogP contribution in [-0.4, -0.2) is 23.2 Å². The Hall–Kier alpha value is -0.700. The van der Waals surface area contributed by atoms with Gasteiger partial charge in [-0.3, -0.25) is 4.79 Å². The van der Waals surface area contributed by atoms with Crippen molar-refractivity contribution in [1.82, 2.24) is 0 Å². The number of halogens is 1. The van der Waals surface area contributed by atoms with Crippen molar-refractivity contribution in [3.63, 3.8) is 0 Å². The number of hydrogen-bond donors (Lipinski definition) is 1. The fraction of sp³-hybridized carbons (Fsp3) is 0.833. The highest BCUT2D eigenvalue weighted by molar-refractivity contribution is 5.91. The Labute approximate surface area is 125 Å². The molecule has 4 aliphatic carbocycles. The molecule has 0 heterocycles. The van der Waals surface area contributed by atoms with Crippen molar-refractivity contribution in [2.24, 2.45) is 29.1 Å². The van der Waals surface area contributed by atoms with Gasteiger partial charge in [0.15, 0.2) is 5.78 Å². The Balaban J connectivity index is 1.67. The van der Waals surface area contributed by atoms with Gasteiger partial charge in [0.05, 0.1) is 6.10 Å². The highest BCUT2D eigenvalue weighted by atomic mass is 19.1. The summed E-state index contributed by atoms with van der Waals surface area (Å²) in [5, 5.41) is 10.4. The van der Waals surface area contributed by atoms with E-state index < -0.39 is 6.17 Å². The second kappa shape index (κ2) is 4.65. The smallest absolute Gasteiger partial charge is 0.155 e. The van der Waals surface area contributed by atoms with Crippen LogP contribution in [0.3, 0.4) is 0 Å². The number of allylic oxidation sites excluding steroid dienone is 1. The predicted octanol–water partition coefficient (Wildman–Crippen LogP) is 3.44. The maximum atomic E-state index is 14.7. The minimum atomic E-state index is -0.930. The van der Waals surface area contributed by atoms with Crippen molar-refractivity contribution in [2.45, 2.75) is 64.1 Å². The normalized spacial score (nSPS) is 52.7. The third kappa shape index (κ3) is 1.89. The number of fused-ring (bicyclic) bond motifs is 5. The summed E-state index contributed by atoms with van der Waals surface area (Å²) in [6.07, 6.45) is 6.59. The molecule has 0 unspecified atom stereocenters. The molecule has 3 saturated carbocycles. The van der Waals surface area contributed by atoms with Gasteiger partial charge in [0, 0.05) is 6.42 Å². The van der Waals surface area contributed by atoms with Gasteiger partial charge in [-0.15, -0.1) is 0 Å². The molecule has 0 radical (unpaired) electrons. The molecule has 7 atom stereocenters. The van der Waals surface area contributed by atoms with E-state index in [0.717, 1.165) is 37.7 Å². The molecule has 0 saturated heterocycles. The van der Waals surface area contributed by atoms with E-state index in [4.69, 9.17) is 0 Å². The minimum absolute atomic E-state index is 0.00654. The lowest BCUT2D eigenvalue weighted by Gasteiger charge is -2.54. The first kappa shape index (κ1) is 13.9. The first-order valence-electron chi connectivity index (χ1n) is 8.57. The molecule has 0 amide bonds. The Morgan fingerprint density at radius 2 is 2.05 bits per heavy atom. The summed E-state index contributed by atoms with van der Waals surface area (Å²) in [5.74, 6) is 1.83. The predicted molar refractivity (Wildman–Crippen MR) is 78.4 cm³/mol. The highest BCUT2D eigenvalue weighted by Gasteiger charge is 2.57. The summed E-state index contributed by atoms with van der Waals surface area (Å²) in [5.41, 5.74) is 0.807. The van der Waals surface area contributed by atoms with E-state index in [1.54, 1.807) is 6.08 Å². The van der Waals surface area contributed by atoms with Crippen molar-refractivity contribution in [2.75, 3.05) is 0 Å². The highest BCUT2D eigenvalue weighted by Crippen LogP contribution is 2.62. The van der Waals surface area contributed by atoms with Crippen LogP contribution in [-0.2, 0) is 4.79 Å². The second-order valence-electron chi connectivity index (χ2n) is 8.03. The third-order valence-corrected chi connectivity index (χ3v) is 7.26. The third-order valence-electron chi connectivity index (χ3n) is 7.26. The molecule has 21 heavy (non-hydrogen) atoms. The molecule has 0 bridgehead atoms. The molecular formula is C18H25FO2. The summed E-state index contributed by atoms with van der Waals surface area (Å²) in [4.78, 5) is 11.6. The van der Waals surface area contributed by atoms with Crippen molar-refractivity contribution in [3.8, 4) is 0 Å². The lowest BCUT2D eigenvalue weighted by Crippen LogP contribution is -2.49. The fourth-order valence-corrected chi connectivity index (χ4v) is 6.12. The average molecular weight is 292 g/mol. The summed E-state index contributed by atoms with van der Waals surface area (Å²) < 4.78 is 14.7. The largest absolute Gasteiger partial charge is 0.393 e. The monoisotopic (exact) mass is 292 g/mol. The van der Waals surface area contributed by atoms with E-state index in [1.165, 1.54) is 0 Å². The standard InChI is InChI=1S/C18H25FO2/c1-18-7-6-12-11-3-2-10(20)8-14(11)16(19)9-13(12)15(18)4-5-17(18)21/h8,11-13,15-17,21H,2-7,9H2,1H3/t11-,12-,13-,15+,16+,17+,18+/m1/s1. The van der Waals surface area contributed by atoms with Gasteiger partial charge < -0.3 is 5.11 Å². The van der Waals surface area contributed by atoms with Crippen LogP contribution in [0.4, 0.5) is 4.39 Å². The average Bonchev–Trinajstić information content (AvgIpc) is 2.76. The number of aliphatic hydroxyl groups excluding tert-OH is 1. The van der Waals surface area contributed by atoms with Gasteiger partial charge in [-0.25, -0.2) is 4.39 Å². The molecule has 2 nitrogen and oxygen atoms in total. The summed E-state index contributed by atoms with van der Waals surface area (Å²) in [7, 11) is 0. The Kier molecular flexibility index (Phi) is 3.08. The van der Waals surface area contributed by atoms with Crippen LogP contribution in [0.5, 0.6) is 0 Å². The number of alkyl halides is 1. The van der Waals surface area contributed by atoms with Crippen LogP contribution in [0.1, 0.15) is 51.9 Å². The lowest BCUT2D eigenvalue weighted by atomic mass is 9.52. The van der Waals surface area contributed by atoms with Crippen molar-refractivity contribution >= 4 is 5.78 Å². The first-order chi connectivity index (χ1) is 10.0. The molecular weight excluding hydrogens is 267 g/mol. The van der Waals surface area contributed by atoms with E-state index in [-0.39, 0.29) is 17.3 Å². The minimum Gasteiger partial charge on any atom is -0.393 e. The second-order valence-corrected chi connectivity index (χ2v) is 8.03. The van der Waals surface area contributed by atoms with Crippen LogP contribution in [0.25, 0.3) is 0 Å². The van der Waals surface area contributed by atoms with Gasteiger partial charge in [-0.2, -0.15) is 0 Å². The van der Waals surface area contributed by atoms with Gasteiger partial charge in [0.25, 0.3) is 0 Å². The lowest BCUT2D eigenvalue weighted by molar-refractivity contribution is -0.116. The number of carbonyl (C=O) groups is 1. The number of carbonyl (C=O) groups excluding carboxylic acids is 1. The summed E-state index contributed by atoms with van der Waals surface area (Å²) >= 11 is 0. The summed E-state index contributed by atoms with van der Waals surface area (Å²) in [6.45, 7) is 2.22. The van der Waals surface area contributed by atoms with E-state index in [2.05, 4.69) is 6.92 Å². The molecule has 0 aromatic rings. The number of hydrogen-bond acceptors (Lipinski definition) is 2. The first-order valence-corrected chi connectivity index (χ1v) is 8.57. The van der Waals surface area contributed by atoms with Gasteiger partial charge in [0.2, 0.25) is 0 Å². The SMILES string of the molecule is C[C@]12CC[C@H]3[C@@H](C[C@H](F)C4=CC(=O)CC[C@@H]43)[C@@H]1CC[C@@H]2O. The van der Waals surface area contributed by atoms with Crippen molar-refractivity contribution in [3.05, 3.63) is 11.6 Å². The molecule has 0 spiro atoms. The van der Waals surface area contributed by atoms with Gasteiger partial charge in [-0.05, 0) is 79.3 Å². The van der Waals surface area contributed by atoms with Crippen LogP contribution in [0, 0.1) is 29.1 Å². The van der Waals surface area contributed by atoms with E-state index in [9.17, 15) is 14.3 Å². The molecule has 4 aliphatic rings. The van der Waals surface area contributed by atoms with Gasteiger partial charge in [-0.1, -0.05) is 6.92 Å². The molecule has 3 heteroatoms. The Morgan fingerprint density at radius 1 is 1.24 bits per heavy atom. The van der Waals surface area contributed by atoms with E-state index in [1.807, 2.05) is 0 Å². The van der Waals surface area contributed by atoms with E-state index in [0.29, 0.717) is 36.5 Å². The van der Waals surface area contributed by atoms with Crippen LogP contribution in [0.15, 0.2) is 11.6 Å².